The molecule has 2 heterocycles. The van der Waals surface area contributed by atoms with Crippen LogP contribution < -0.4 is 11.0 Å². The van der Waals surface area contributed by atoms with Crippen molar-refractivity contribution in [1.82, 2.24) is 9.88 Å². The largest absolute Gasteiger partial charge is 0.384 e. The van der Waals surface area contributed by atoms with Crippen molar-refractivity contribution in [2.75, 3.05) is 12.8 Å². The third-order valence-electron chi connectivity index (χ3n) is 3.74. The van der Waals surface area contributed by atoms with E-state index in [9.17, 15) is 4.79 Å². The van der Waals surface area contributed by atoms with Crippen LogP contribution in [0, 0.1) is 0 Å². The molecule has 3 rings (SSSR count). The van der Waals surface area contributed by atoms with Crippen molar-refractivity contribution in [1.29, 1.82) is 0 Å². The fourth-order valence-corrected chi connectivity index (χ4v) is 4.62. The number of thiophene rings is 1. The molecule has 25 heavy (non-hydrogen) atoms. The minimum Gasteiger partial charge on any atom is -0.384 e. The van der Waals surface area contributed by atoms with Gasteiger partial charge in [0.05, 0.1) is 11.6 Å². The number of likely N-dealkylation sites (N-methyl/N-ethyl adjacent to an activating group) is 1. The van der Waals surface area contributed by atoms with Crippen molar-refractivity contribution in [3.05, 3.63) is 58.1 Å². The van der Waals surface area contributed by atoms with E-state index in [2.05, 4.69) is 14.2 Å². The molecule has 0 aliphatic rings. The first-order valence-electron chi connectivity index (χ1n) is 7.56. The number of rotatable bonds is 4. The highest BCUT2D eigenvalue weighted by Crippen LogP contribution is 2.35. The number of nitrogens with two attached hydrogens (primary N) is 1. The van der Waals surface area contributed by atoms with Crippen LogP contribution in [-0.2, 0) is 11.3 Å². The lowest BCUT2D eigenvalue weighted by Gasteiger charge is -2.14. The molecule has 0 saturated carbocycles. The maximum Gasteiger partial charge on any atom is 0.246 e. The number of anilines is 1. The van der Waals surface area contributed by atoms with Gasteiger partial charge in [0.1, 0.15) is 5.82 Å². The second-order valence-corrected chi connectivity index (χ2v) is 7.74. The summed E-state index contributed by atoms with van der Waals surface area (Å²) < 4.78 is 1.12. The van der Waals surface area contributed by atoms with Crippen molar-refractivity contribution in [3.8, 4) is 0 Å². The van der Waals surface area contributed by atoms with Gasteiger partial charge in [-0.3, -0.25) is 4.79 Å². The number of nitrogens with zero attached hydrogens (tertiary/aromatic N) is 2. The van der Waals surface area contributed by atoms with Gasteiger partial charge in [-0.05, 0) is 35.1 Å². The zero-order valence-electron chi connectivity index (χ0n) is 13.6. The van der Waals surface area contributed by atoms with Crippen molar-refractivity contribution in [2.45, 2.75) is 6.54 Å². The molecule has 128 valence electrons. The summed E-state index contributed by atoms with van der Waals surface area (Å²) >= 11 is 8.13. The highest BCUT2D eigenvalue weighted by molar-refractivity contribution is 7.29. The van der Waals surface area contributed by atoms with Crippen molar-refractivity contribution >= 4 is 65.4 Å². The smallest absolute Gasteiger partial charge is 0.246 e. The Morgan fingerprint density at radius 3 is 2.88 bits per heavy atom. The lowest BCUT2D eigenvalue weighted by molar-refractivity contribution is -0.125. The van der Waals surface area contributed by atoms with E-state index in [0.29, 0.717) is 12.4 Å². The maximum absolute atomic E-state index is 12.3. The van der Waals surface area contributed by atoms with Crippen LogP contribution in [0.1, 0.15) is 10.4 Å². The molecule has 1 amide bonds. The van der Waals surface area contributed by atoms with E-state index in [1.807, 2.05) is 24.3 Å². The monoisotopic (exact) mass is 389 g/mol. The van der Waals surface area contributed by atoms with Gasteiger partial charge in [-0.1, -0.05) is 23.7 Å². The Hall–Kier alpha value is -1.94. The van der Waals surface area contributed by atoms with E-state index in [4.69, 9.17) is 17.3 Å². The molecule has 7 heteroatoms. The normalized spacial score (nSPS) is 11.3. The van der Waals surface area contributed by atoms with Crippen molar-refractivity contribution in [3.63, 3.8) is 0 Å². The molecular weight excluding hydrogens is 373 g/mol. The fraction of sp³-hybridized carbons (Fsp3) is 0.111. The average molecular weight is 390 g/mol. The molecule has 0 spiro atoms. The number of aromatic nitrogens is 1. The molecular formula is C18H17ClN3OPS. The molecule has 2 N–H and O–H groups in total. The summed E-state index contributed by atoms with van der Waals surface area (Å²) in [7, 11) is 4.46. The SMILES string of the molecule is CN(Cc1sc2cccc(P)c2c1Cl)C(=O)/C=C/c1ccc(N)nc1. The minimum atomic E-state index is -0.101. The molecule has 0 aliphatic carbocycles. The molecule has 2 aromatic heterocycles. The summed E-state index contributed by atoms with van der Waals surface area (Å²) in [5, 5.41) is 2.82. The van der Waals surface area contributed by atoms with Crippen LogP contribution in [0.15, 0.2) is 42.6 Å². The Labute approximate surface area is 157 Å². The lowest BCUT2D eigenvalue weighted by Crippen LogP contribution is -2.23. The zero-order chi connectivity index (χ0) is 18.0. The quantitative estimate of drug-likeness (QED) is 0.546. The van der Waals surface area contributed by atoms with E-state index < -0.39 is 0 Å². The van der Waals surface area contributed by atoms with Crippen LogP contribution in [0.25, 0.3) is 16.2 Å². The number of halogens is 1. The number of carbonyl (C=O) groups excluding carboxylic acids is 1. The third kappa shape index (κ3) is 4.01. The molecule has 0 fully saturated rings. The summed E-state index contributed by atoms with van der Waals surface area (Å²) in [6, 6.07) is 9.56. The Morgan fingerprint density at radius 2 is 2.20 bits per heavy atom. The number of pyridine rings is 1. The zero-order valence-corrected chi connectivity index (χ0v) is 16.3. The first-order valence-corrected chi connectivity index (χ1v) is 9.33. The number of nitrogen functional groups attached to an aromatic ring is 1. The van der Waals surface area contributed by atoms with Gasteiger partial charge in [0.15, 0.2) is 0 Å². The lowest BCUT2D eigenvalue weighted by atomic mass is 10.2. The fourth-order valence-electron chi connectivity index (χ4n) is 2.39. The second kappa shape index (κ2) is 7.52. The van der Waals surface area contributed by atoms with E-state index >= 15 is 0 Å². The second-order valence-electron chi connectivity index (χ2n) is 5.60. The van der Waals surface area contributed by atoms with Crippen LogP contribution in [0.3, 0.4) is 0 Å². The van der Waals surface area contributed by atoms with Gasteiger partial charge in [0.2, 0.25) is 5.91 Å². The van der Waals surface area contributed by atoms with Gasteiger partial charge in [-0.2, -0.15) is 0 Å². The van der Waals surface area contributed by atoms with Crippen LogP contribution >= 0.6 is 32.2 Å². The first kappa shape index (κ1) is 17.9. The van der Waals surface area contributed by atoms with Crippen LogP contribution in [-0.4, -0.2) is 22.8 Å². The van der Waals surface area contributed by atoms with E-state index in [-0.39, 0.29) is 5.91 Å². The predicted octanol–water partition coefficient (Wildman–Crippen LogP) is 3.70. The molecule has 4 nitrogen and oxygen atoms in total. The molecule has 0 radical (unpaired) electrons. The molecule has 1 aromatic carbocycles. The van der Waals surface area contributed by atoms with Gasteiger partial charge >= 0.3 is 0 Å². The Bertz CT molecular complexity index is 953. The van der Waals surface area contributed by atoms with Gasteiger partial charge in [0.25, 0.3) is 0 Å². The molecule has 3 aromatic rings. The molecule has 0 aliphatic heterocycles. The standard InChI is InChI=1S/C18H17ClN3OPS/c1-22(16(23)8-6-11-5-7-15(20)21-9-11)10-14-18(19)17-12(24)3-2-4-13(17)25-14/h2-9H,10,24H2,1H3,(H2,20,21)/b8-6+. The van der Waals surface area contributed by atoms with Crippen molar-refractivity contribution < 1.29 is 4.79 Å². The van der Waals surface area contributed by atoms with Crippen LogP contribution in [0.4, 0.5) is 5.82 Å². The number of fused-ring (bicyclic) bond motifs is 1. The van der Waals surface area contributed by atoms with E-state index in [1.165, 1.54) is 6.08 Å². The molecule has 0 saturated heterocycles. The highest BCUT2D eigenvalue weighted by atomic mass is 35.5. The number of hydrogen-bond donors (Lipinski definition) is 1. The van der Waals surface area contributed by atoms with Gasteiger partial charge in [-0.25, -0.2) is 4.98 Å². The van der Waals surface area contributed by atoms with Gasteiger partial charge in [-0.15, -0.1) is 20.6 Å². The average Bonchev–Trinajstić information content (AvgIpc) is 2.91. The van der Waals surface area contributed by atoms with E-state index in [0.717, 1.165) is 30.9 Å². The first-order chi connectivity index (χ1) is 12.0. The summed E-state index contributed by atoms with van der Waals surface area (Å²) in [5.41, 5.74) is 6.37. The topological polar surface area (TPSA) is 59.2 Å². The minimum absolute atomic E-state index is 0.101. The summed E-state index contributed by atoms with van der Waals surface area (Å²) in [5.74, 6) is 0.352. The predicted molar refractivity (Wildman–Crippen MR) is 110 cm³/mol. The number of hydrogen-bond acceptors (Lipinski definition) is 4. The molecule has 0 bridgehead atoms. The van der Waals surface area contributed by atoms with Crippen molar-refractivity contribution in [2.24, 2.45) is 0 Å². The summed E-state index contributed by atoms with van der Waals surface area (Å²) in [4.78, 5) is 18.9. The maximum atomic E-state index is 12.3. The molecule has 1 unspecified atom stereocenters. The summed E-state index contributed by atoms with van der Waals surface area (Å²) in [6.45, 7) is 0.464. The van der Waals surface area contributed by atoms with Crippen LogP contribution in [0.5, 0.6) is 0 Å². The highest BCUT2D eigenvalue weighted by Gasteiger charge is 2.15. The third-order valence-corrected chi connectivity index (χ3v) is 5.89. The van der Waals surface area contributed by atoms with Crippen LogP contribution in [0.2, 0.25) is 5.02 Å². The molecule has 1 atom stereocenters. The number of amides is 1. The summed E-state index contributed by atoms with van der Waals surface area (Å²) in [6.07, 6.45) is 4.87. The Kier molecular flexibility index (Phi) is 5.38. The van der Waals surface area contributed by atoms with Gasteiger partial charge in [0, 0.05) is 34.3 Å². The Morgan fingerprint density at radius 1 is 1.40 bits per heavy atom. The Balaban J connectivity index is 1.74. The van der Waals surface area contributed by atoms with Gasteiger partial charge < -0.3 is 10.6 Å². The number of carbonyl (C=O) groups is 1. The number of benzene rings is 1. The van der Waals surface area contributed by atoms with E-state index in [1.54, 1.807) is 41.6 Å².